The summed E-state index contributed by atoms with van der Waals surface area (Å²) in [4.78, 5) is 2.77. The summed E-state index contributed by atoms with van der Waals surface area (Å²) in [5, 5.41) is 7.17. The Kier molecular flexibility index (Phi) is 2.95. The highest BCUT2D eigenvalue weighted by Crippen LogP contribution is 2.30. The molecule has 2 heterocycles. The molecule has 2 unspecified atom stereocenters. The monoisotopic (exact) mass is 209 g/mol. The van der Waals surface area contributed by atoms with E-state index in [1.807, 2.05) is 0 Å². The van der Waals surface area contributed by atoms with Crippen molar-refractivity contribution in [2.45, 2.75) is 56.7 Å². The first-order chi connectivity index (χ1) is 7.45. The fourth-order valence-electron chi connectivity index (χ4n) is 3.62. The number of nitrogens with zero attached hydrogens (tertiary/aromatic N) is 1. The van der Waals surface area contributed by atoms with E-state index in [2.05, 4.69) is 15.5 Å². The van der Waals surface area contributed by atoms with E-state index in [9.17, 15) is 0 Å². The Bertz CT molecular complexity index is 213. The summed E-state index contributed by atoms with van der Waals surface area (Å²) in [7, 11) is 0. The minimum absolute atomic E-state index is 0.814. The average molecular weight is 209 g/mol. The second kappa shape index (κ2) is 4.40. The van der Waals surface area contributed by atoms with Crippen molar-refractivity contribution >= 4 is 0 Å². The van der Waals surface area contributed by atoms with Crippen molar-refractivity contribution in [3.05, 3.63) is 0 Å². The van der Waals surface area contributed by atoms with Crippen molar-refractivity contribution in [3.63, 3.8) is 0 Å². The number of fused-ring (bicyclic) bond motifs is 1. The van der Waals surface area contributed by atoms with Gasteiger partial charge in [-0.15, -0.1) is 0 Å². The van der Waals surface area contributed by atoms with Crippen molar-refractivity contribution < 1.29 is 0 Å². The van der Waals surface area contributed by atoms with Crippen LogP contribution in [0.2, 0.25) is 0 Å². The minimum Gasteiger partial charge on any atom is -0.317 e. The van der Waals surface area contributed by atoms with Crippen LogP contribution in [0.3, 0.4) is 0 Å². The second-order valence-corrected chi connectivity index (χ2v) is 5.32. The SMILES string of the molecule is C1CCC2C(C1)NCN2C1CCNCC1. The Labute approximate surface area is 92.6 Å². The van der Waals surface area contributed by atoms with Crippen LogP contribution >= 0.6 is 0 Å². The second-order valence-electron chi connectivity index (χ2n) is 5.32. The molecular weight excluding hydrogens is 186 g/mol. The van der Waals surface area contributed by atoms with E-state index in [0.717, 1.165) is 24.8 Å². The summed E-state index contributed by atoms with van der Waals surface area (Å²) in [5.41, 5.74) is 0. The van der Waals surface area contributed by atoms with E-state index >= 15 is 0 Å². The van der Waals surface area contributed by atoms with Crippen LogP contribution in [0, 0.1) is 0 Å². The maximum Gasteiger partial charge on any atom is 0.0489 e. The molecule has 2 aliphatic heterocycles. The smallest absolute Gasteiger partial charge is 0.0489 e. The van der Waals surface area contributed by atoms with E-state index in [1.54, 1.807) is 0 Å². The number of rotatable bonds is 1. The third-order valence-corrected chi connectivity index (χ3v) is 4.47. The molecule has 0 bridgehead atoms. The summed E-state index contributed by atoms with van der Waals surface area (Å²) in [5.74, 6) is 0. The number of nitrogens with one attached hydrogen (secondary N) is 2. The molecule has 0 aromatic rings. The molecule has 1 saturated carbocycles. The molecule has 3 aliphatic rings. The van der Waals surface area contributed by atoms with Gasteiger partial charge in [-0.2, -0.15) is 0 Å². The zero-order valence-corrected chi connectivity index (χ0v) is 9.54. The molecule has 0 amide bonds. The van der Waals surface area contributed by atoms with Gasteiger partial charge in [0.05, 0.1) is 0 Å². The maximum absolute atomic E-state index is 3.71. The predicted molar refractivity (Wildman–Crippen MR) is 61.8 cm³/mol. The molecule has 0 aromatic carbocycles. The van der Waals surface area contributed by atoms with Crippen LogP contribution in [-0.2, 0) is 0 Å². The van der Waals surface area contributed by atoms with Crippen molar-refractivity contribution in [1.82, 2.24) is 15.5 Å². The Balaban J connectivity index is 1.65. The van der Waals surface area contributed by atoms with E-state index in [-0.39, 0.29) is 0 Å². The van der Waals surface area contributed by atoms with Gasteiger partial charge in [0.15, 0.2) is 0 Å². The van der Waals surface area contributed by atoms with Crippen molar-refractivity contribution in [3.8, 4) is 0 Å². The van der Waals surface area contributed by atoms with Gasteiger partial charge in [-0.3, -0.25) is 10.2 Å². The van der Waals surface area contributed by atoms with Crippen LogP contribution in [0.4, 0.5) is 0 Å². The third kappa shape index (κ3) is 1.93. The highest BCUT2D eigenvalue weighted by atomic mass is 15.3. The van der Waals surface area contributed by atoms with Gasteiger partial charge in [0.1, 0.15) is 0 Å². The Morgan fingerprint density at radius 2 is 1.73 bits per heavy atom. The Hall–Kier alpha value is -0.120. The molecule has 15 heavy (non-hydrogen) atoms. The van der Waals surface area contributed by atoms with E-state index < -0.39 is 0 Å². The van der Waals surface area contributed by atoms with Crippen LogP contribution in [0.25, 0.3) is 0 Å². The molecule has 2 atom stereocenters. The first-order valence-corrected chi connectivity index (χ1v) is 6.65. The summed E-state index contributed by atoms with van der Waals surface area (Å²) in [6.07, 6.45) is 8.43. The molecule has 86 valence electrons. The summed E-state index contributed by atoms with van der Waals surface area (Å²) in [6.45, 7) is 3.59. The molecule has 1 aliphatic carbocycles. The molecule has 3 heteroatoms. The van der Waals surface area contributed by atoms with Gasteiger partial charge in [-0.05, 0) is 38.8 Å². The normalized spacial score (nSPS) is 39.2. The van der Waals surface area contributed by atoms with Gasteiger partial charge >= 0.3 is 0 Å². The van der Waals surface area contributed by atoms with Crippen LogP contribution in [0.5, 0.6) is 0 Å². The van der Waals surface area contributed by atoms with Gasteiger partial charge in [0.25, 0.3) is 0 Å². The van der Waals surface area contributed by atoms with Gasteiger partial charge in [0, 0.05) is 24.8 Å². The first kappa shape index (κ1) is 10.1. The van der Waals surface area contributed by atoms with Gasteiger partial charge < -0.3 is 5.32 Å². The summed E-state index contributed by atoms with van der Waals surface area (Å²) < 4.78 is 0. The molecule has 0 radical (unpaired) electrons. The van der Waals surface area contributed by atoms with Gasteiger partial charge in [-0.1, -0.05) is 12.8 Å². The van der Waals surface area contributed by atoms with Crippen LogP contribution in [0.15, 0.2) is 0 Å². The summed E-state index contributed by atoms with van der Waals surface area (Å²) in [6, 6.07) is 2.53. The molecule has 3 fully saturated rings. The zero-order valence-electron chi connectivity index (χ0n) is 9.54. The van der Waals surface area contributed by atoms with Gasteiger partial charge in [0.2, 0.25) is 0 Å². The first-order valence-electron chi connectivity index (χ1n) is 6.65. The van der Waals surface area contributed by atoms with Crippen LogP contribution < -0.4 is 10.6 Å². The van der Waals surface area contributed by atoms with Gasteiger partial charge in [-0.25, -0.2) is 0 Å². The zero-order chi connectivity index (χ0) is 10.1. The van der Waals surface area contributed by atoms with Crippen LogP contribution in [-0.4, -0.2) is 42.8 Å². The van der Waals surface area contributed by atoms with Crippen molar-refractivity contribution in [2.75, 3.05) is 19.8 Å². The summed E-state index contributed by atoms with van der Waals surface area (Å²) >= 11 is 0. The number of hydrogen-bond acceptors (Lipinski definition) is 3. The lowest BCUT2D eigenvalue weighted by atomic mass is 9.89. The standard InChI is InChI=1S/C12H23N3/c1-2-4-12-11(3-1)14-9-15(12)10-5-7-13-8-6-10/h10-14H,1-9H2. The fourth-order valence-corrected chi connectivity index (χ4v) is 3.62. The quantitative estimate of drug-likeness (QED) is 0.672. The van der Waals surface area contributed by atoms with Crippen LogP contribution in [0.1, 0.15) is 38.5 Å². The number of piperidine rings is 1. The largest absolute Gasteiger partial charge is 0.317 e. The molecular formula is C12H23N3. The maximum atomic E-state index is 3.71. The topological polar surface area (TPSA) is 27.3 Å². The molecule has 0 aromatic heterocycles. The predicted octanol–water partition coefficient (Wildman–Crippen LogP) is 0.912. The van der Waals surface area contributed by atoms with E-state index in [0.29, 0.717) is 0 Å². The lowest BCUT2D eigenvalue weighted by Gasteiger charge is -2.37. The average Bonchev–Trinajstić information content (AvgIpc) is 2.74. The van der Waals surface area contributed by atoms with Crippen molar-refractivity contribution in [2.24, 2.45) is 0 Å². The lowest BCUT2D eigenvalue weighted by Crippen LogP contribution is -2.47. The molecule has 0 spiro atoms. The number of hydrogen-bond donors (Lipinski definition) is 2. The highest BCUT2D eigenvalue weighted by Gasteiger charge is 2.38. The van der Waals surface area contributed by atoms with Crippen molar-refractivity contribution in [1.29, 1.82) is 0 Å². The molecule has 3 nitrogen and oxygen atoms in total. The molecule has 3 rings (SSSR count). The fraction of sp³-hybridized carbons (Fsp3) is 1.00. The highest BCUT2D eigenvalue weighted by molar-refractivity contribution is 4.96. The lowest BCUT2D eigenvalue weighted by molar-refractivity contribution is 0.125. The Morgan fingerprint density at radius 1 is 0.933 bits per heavy atom. The Morgan fingerprint density at radius 3 is 2.60 bits per heavy atom. The minimum atomic E-state index is 0.814. The third-order valence-electron chi connectivity index (χ3n) is 4.47. The van der Waals surface area contributed by atoms with E-state index in [1.165, 1.54) is 51.6 Å². The molecule has 2 saturated heterocycles. The van der Waals surface area contributed by atoms with E-state index in [4.69, 9.17) is 0 Å². The molecule has 2 N–H and O–H groups in total.